The van der Waals surface area contributed by atoms with Crippen LogP contribution in [0.15, 0.2) is 0 Å². The summed E-state index contributed by atoms with van der Waals surface area (Å²) in [6.07, 6.45) is -5.55. The fourth-order valence-corrected chi connectivity index (χ4v) is 1.49. The van der Waals surface area contributed by atoms with E-state index in [1.54, 1.807) is 27.8 Å². The first-order valence-electron chi connectivity index (χ1n) is 6.47. The van der Waals surface area contributed by atoms with E-state index in [9.17, 15) is 20.4 Å². The Labute approximate surface area is 114 Å². The Morgan fingerprint density at radius 3 is 2.00 bits per heavy atom. The van der Waals surface area contributed by atoms with Crippen molar-refractivity contribution in [2.24, 2.45) is 0 Å². The van der Waals surface area contributed by atoms with Gasteiger partial charge in [-0.15, -0.1) is 0 Å². The Morgan fingerprint density at radius 2 is 1.53 bits per heavy atom. The molecule has 116 valence electrons. The number of aliphatic hydroxyl groups is 4. The molecule has 4 N–H and O–H groups in total. The van der Waals surface area contributed by atoms with Crippen molar-refractivity contribution in [2.45, 2.75) is 51.3 Å². The van der Waals surface area contributed by atoms with Gasteiger partial charge in [0, 0.05) is 7.05 Å². The molecule has 7 heteroatoms. The molecule has 1 unspecified atom stereocenters. The van der Waals surface area contributed by atoms with Gasteiger partial charge in [-0.2, -0.15) is 5.06 Å². The van der Waals surface area contributed by atoms with Crippen molar-refractivity contribution in [2.75, 3.05) is 26.8 Å². The second kappa shape index (κ2) is 9.60. The predicted molar refractivity (Wildman–Crippen MR) is 69.4 cm³/mol. The van der Waals surface area contributed by atoms with Crippen molar-refractivity contribution in [1.29, 1.82) is 0 Å². The van der Waals surface area contributed by atoms with Crippen molar-refractivity contribution >= 4 is 0 Å². The minimum absolute atomic E-state index is 0.0177. The van der Waals surface area contributed by atoms with E-state index >= 15 is 0 Å². The summed E-state index contributed by atoms with van der Waals surface area (Å²) in [4.78, 5) is 5.08. The lowest BCUT2D eigenvalue weighted by Crippen LogP contribution is -2.49. The lowest BCUT2D eigenvalue weighted by Gasteiger charge is -2.28. The van der Waals surface area contributed by atoms with Crippen molar-refractivity contribution in [1.82, 2.24) is 5.06 Å². The molecule has 0 fully saturated rings. The molecule has 4 atom stereocenters. The second-order valence-corrected chi connectivity index (χ2v) is 4.73. The number of hydrogen-bond acceptors (Lipinski definition) is 7. The van der Waals surface area contributed by atoms with Crippen molar-refractivity contribution in [3.8, 4) is 0 Å². The maximum absolute atomic E-state index is 9.74. The van der Waals surface area contributed by atoms with E-state index in [2.05, 4.69) is 0 Å². The van der Waals surface area contributed by atoms with Crippen LogP contribution in [0.5, 0.6) is 0 Å². The molecule has 0 bridgehead atoms. The van der Waals surface area contributed by atoms with E-state index < -0.39 is 24.4 Å². The number of hydrogen-bond donors (Lipinski definition) is 4. The first-order chi connectivity index (χ1) is 8.79. The predicted octanol–water partition coefficient (Wildman–Crippen LogP) is -1.26. The first kappa shape index (κ1) is 18.7. The summed E-state index contributed by atoms with van der Waals surface area (Å²) in [6, 6.07) is 0. The van der Waals surface area contributed by atoms with Crippen LogP contribution in [-0.4, -0.2) is 82.8 Å². The van der Waals surface area contributed by atoms with Crippen LogP contribution in [0.3, 0.4) is 0 Å². The standard InChI is InChI=1S/C12H27NO6/c1-5-19-13(4)6-9(14)11(16)12(17)10(15)7-18-8(2)3/h8-12,14-17H,5-7H2,1-4H3/t9?,10-,11-,12-/m1/s1. The minimum Gasteiger partial charge on any atom is -0.389 e. The van der Waals surface area contributed by atoms with Crippen molar-refractivity contribution in [3.63, 3.8) is 0 Å². The highest BCUT2D eigenvalue weighted by Crippen LogP contribution is 2.08. The molecule has 0 saturated carbocycles. The summed E-state index contributed by atoms with van der Waals surface area (Å²) in [7, 11) is 1.60. The highest BCUT2D eigenvalue weighted by molar-refractivity contribution is 4.81. The normalized spacial score (nSPS) is 18.6. The van der Waals surface area contributed by atoms with Gasteiger partial charge in [-0.05, 0) is 20.8 Å². The van der Waals surface area contributed by atoms with E-state index in [4.69, 9.17) is 9.57 Å². The SMILES string of the molecule is CCON(C)CC(O)[C@@H](O)[C@H](O)[C@H](O)COC(C)C. The molecule has 0 aliphatic heterocycles. The quantitative estimate of drug-likeness (QED) is 0.371. The monoisotopic (exact) mass is 281 g/mol. The highest BCUT2D eigenvalue weighted by Gasteiger charge is 2.31. The third kappa shape index (κ3) is 7.78. The van der Waals surface area contributed by atoms with E-state index in [1.807, 2.05) is 0 Å². The van der Waals surface area contributed by atoms with Gasteiger partial charge in [0.1, 0.15) is 18.3 Å². The van der Waals surface area contributed by atoms with Gasteiger partial charge >= 0.3 is 0 Å². The summed E-state index contributed by atoms with van der Waals surface area (Å²) in [6.45, 7) is 5.73. The minimum atomic E-state index is -1.48. The average molecular weight is 281 g/mol. The summed E-state index contributed by atoms with van der Waals surface area (Å²) in [5.74, 6) is 0. The molecule has 0 amide bonds. The number of hydroxylamine groups is 2. The Morgan fingerprint density at radius 1 is 1.00 bits per heavy atom. The van der Waals surface area contributed by atoms with Crippen molar-refractivity contribution < 1.29 is 30.0 Å². The summed E-state index contributed by atoms with van der Waals surface area (Å²) >= 11 is 0. The molecule has 0 aromatic heterocycles. The Hall–Kier alpha value is -0.280. The summed E-state index contributed by atoms with van der Waals surface area (Å²) < 4.78 is 5.14. The number of nitrogens with zero attached hydrogens (tertiary/aromatic N) is 1. The number of ether oxygens (including phenoxy) is 1. The number of likely N-dealkylation sites (N-methyl/N-ethyl adjacent to an activating group) is 1. The molecule has 0 aliphatic rings. The maximum atomic E-state index is 9.74. The second-order valence-electron chi connectivity index (χ2n) is 4.73. The largest absolute Gasteiger partial charge is 0.389 e. The van der Waals surface area contributed by atoms with Gasteiger partial charge < -0.3 is 25.2 Å². The Bertz CT molecular complexity index is 228. The molecule has 0 aliphatic carbocycles. The van der Waals surface area contributed by atoms with Gasteiger partial charge in [0.15, 0.2) is 0 Å². The molecule has 7 nitrogen and oxygen atoms in total. The van der Waals surface area contributed by atoms with E-state index in [1.165, 1.54) is 5.06 Å². The lowest BCUT2D eigenvalue weighted by molar-refractivity contribution is -0.178. The molecule has 0 rings (SSSR count). The van der Waals surface area contributed by atoms with Gasteiger partial charge in [-0.1, -0.05) is 0 Å². The molecule has 19 heavy (non-hydrogen) atoms. The fraction of sp³-hybridized carbons (Fsp3) is 1.00. The van der Waals surface area contributed by atoms with Crippen molar-refractivity contribution in [3.05, 3.63) is 0 Å². The van der Waals surface area contributed by atoms with Gasteiger partial charge in [0.2, 0.25) is 0 Å². The molecule has 0 spiro atoms. The van der Waals surface area contributed by atoms with Gasteiger partial charge in [0.05, 0.1) is 32.0 Å². The smallest absolute Gasteiger partial charge is 0.111 e. The van der Waals surface area contributed by atoms with Crippen LogP contribution in [0.25, 0.3) is 0 Å². The zero-order valence-electron chi connectivity index (χ0n) is 12.1. The summed E-state index contributed by atoms with van der Waals surface area (Å²) in [5, 5.41) is 40.2. The van der Waals surface area contributed by atoms with Crippen LogP contribution in [0.4, 0.5) is 0 Å². The van der Waals surface area contributed by atoms with Crippen LogP contribution in [-0.2, 0) is 9.57 Å². The highest BCUT2D eigenvalue weighted by atomic mass is 16.7. The number of rotatable bonds is 10. The maximum Gasteiger partial charge on any atom is 0.111 e. The van der Waals surface area contributed by atoms with E-state index in [-0.39, 0.29) is 19.3 Å². The molecule has 0 aromatic rings. The zero-order chi connectivity index (χ0) is 15.0. The Balaban J connectivity index is 4.18. The first-order valence-corrected chi connectivity index (χ1v) is 6.47. The van der Waals surface area contributed by atoms with E-state index in [0.29, 0.717) is 6.61 Å². The van der Waals surface area contributed by atoms with Gasteiger partial charge in [-0.25, -0.2) is 0 Å². The zero-order valence-corrected chi connectivity index (χ0v) is 12.1. The van der Waals surface area contributed by atoms with Crippen LogP contribution >= 0.6 is 0 Å². The average Bonchev–Trinajstić information content (AvgIpc) is 2.34. The van der Waals surface area contributed by atoms with Crippen LogP contribution in [0.1, 0.15) is 20.8 Å². The lowest BCUT2D eigenvalue weighted by atomic mass is 10.0. The van der Waals surface area contributed by atoms with Gasteiger partial charge in [0.25, 0.3) is 0 Å². The van der Waals surface area contributed by atoms with Crippen LogP contribution in [0, 0.1) is 0 Å². The molecular formula is C12H27NO6. The number of aliphatic hydroxyl groups excluding tert-OH is 4. The van der Waals surface area contributed by atoms with E-state index in [0.717, 1.165) is 0 Å². The topological polar surface area (TPSA) is 103 Å². The van der Waals surface area contributed by atoms with Crippen LogP contribution < -0.4 is 0 Å². The third-order valence-electron chi connectivity index (χ3n) is 2.53. The fourth-order valence-electron chi connectivity index (χ4n) is 1.49. The molecule has 0 aromatic carbocycles. The van der Waals surface area contributed by atoms with Crippen LogP contribution in [0.2, 0.25) is 0 Å². The van der Waals surface area contributed by atoms with Gasteiger partial charge in [-0.3, -0.25) is 4.84 Å². The third-order valence-corrected chi connectivity index (χ3v) is 2.53. The molecule has 0 saturated heterocycles. The summed E-state index contributed by atoms with van der Waals surface area (Å²) in [5.41, 5.74) is 0. The Kier molecular flexibility index (Phi) is 9.46. The molecular weight excluding hydrogens is 254 g/mol. The molecule has 0 radical (unpaired) electrons. The molecule has 0 heterocycles.